The number of hydrogen-bond acceptors (Lipinski definition) is 1. The van der Waals surface area contributed by atoms with Gasteiger partial charge in [0.05, 0.1) is 0 Å². The van der Waals surface area contributed by atoms with Gasteiger partial charge in [-0.25, -0.2) is 0 Å². The van der Waals surface area contributed by atoms with Crippen LogP contribution in [-0.2, 0) is 0 Å². The summed E-state index contributed by atoms with van der Waals surface area (Å²) < 4.78 is 0. The third kappa shape index (κ3) is 4.14. The first-order valence-corrected chi connectivity index (χ1v) is 7.05. The fourth-order valence-electron chi connectivity index (χ4n) is 3.02. The van der Waals surface area contributed by atoms with Crippen molar-refractivity contribution < 1.29 is 0 Å². The van der Waals surface area contributed by atoms with E-state index in [0.29, 0.717) is 6.04 Å². The van der Waals surface area contributed by atoms with Gasteiger partial charge in [0, 0.05) is 6.04 Å². The lowest BCUT2D eigenvalue weighted by molar-refractivity contribution is 0.195. The Hall–Kier alpha value is -0.0400. The van der Waals surface area contributed by atoms with Crippen molar-refractivity contribution in [1.82, 2.24) is 0 Å². The number of hydrogen-bond donors (Lipinski definition) is 1. The van der Waals surface area contributed by atoms with Gasteiger partial charge in [-0.05, 0) is 37.5 Å². The Morgan fingerprint density at radius 2 is 1.40 bits per heavy atom. The Morgan fingerprint density at radius 1 is 0.933 bits per heavy atom. The van der Waals surface area contributed by atoms with E-state index in [2.05, 4.69) is 13.8 Å². The average Bonchev–Trinajstić information content (AvgIpc) is 2.26. The molecule has 0 saturated heterocycles. The van der Waals surface area contributed by atoms with Crippen LogP contribution >= 0.6 is 0 Å². The highest BCUT2D eigenvalue weighted by molar-refractivity contribution is 4.84. The Morgan fingerprint density at radius 3 is 1.80 bits per heavy atom. The number of nitrogens with two attached hydrogens (primary N) is 1. The minimum absolute atomic E-state index is 0.511. The zero-order chi connectivity index (χ0) is 11.1. The van der Waals surface area contributed by atoms with E-state index in [4.69, 9.17) is 5.73 Å². The summed E-state index contributed by atoms with van der Waals surface area (Å²) in [5.41, 5.74) is 6.40. The molecule has 0 aromatic carbocycles. The van der Waals surface area contributed by atoms with Crippen LogP contribution in [0.4, 0.5) is 0 Å². The van der Waals surface area contributed by atoms with Crippen LogP contribution in [0.1, 0.15) is 71.6 Å². The minimum Gasteiger partial charge on any atom is -0.327 e. The van der Waals surface area contributed by atoms with Crippen LogP contribution in [-0.4, -0.2) is 6.04 Å². The molecule has 0 aromatic rings. The molecule has 1 nitrogen and oxygen atoms in total. The van der Waals surface area contributed by atoms with Crippen molar-refractivity contribution in [1.29, 1.82) is 0 Å². The first-order chi connectivity index (χ1) is 7.29. The molecule has 15 heavy (non-hydrogen) atoms. The van der Waals surface area contributed by atoms with E-state index in [9.17, 15) is 0 Å². The van der Waals surface area contributed by atoms with Gasteiger partial charge in [0.15, 0.2) is 0 Å². The van der Waals surface area contributed by atoms with E-state index >= 15 is 0 Å². The molecule has 2 N–H and O–H groups in total. The van der Waals surface area contributed by atoms with Crippen molar-refractivity contribution in [3.05, 3.63) is 0 Å². The maximum absolute atomic E-state index is 6.40. The van der Waals surface area contributed by atoms with Crippen LogP contribution in [0, 0.1) is 11.8 Å². The van der Waals surface area contributed by atoms with Gasteiger partial charge in [0.2, 0.25) is 0 Å². The third-order valence-corrected chi connectivity index (χ3v) is 4.10. The predicted octanol–water partition coefficient (Wildman–Crippen LogP) is 4.11. The largest absolute Gasteiger partial charge is 0.327 e. The van der Waals surface area contributed by atoms with Crippen molar-refractivity contribution in [3.8, 4) is 0 Å². The summed E-state index contributed by atoms with van der Waals surface area (Å²) in [4.78, 5) is 0. The summed E-state index contributed by atoms with van der Waals surface area (Å²) in [5.74, 6) is 1.67. The van der Waals surface area contributed by atoms with E-state index in [1.165, 1.54) is 57.8 Å². The molecular weight excluding hydrogens is 182 g/mol. The average molecular weight is 211 g/mol. The van der Waals surface area contributed by atoms with Gasteiger partial charge in [-0.1, -0.05) is 46.0 Å². The van der Waals surface area contributed by atoms with Crippen molar-refractivity contribution in [2.24, 2.45) is 17.6 Å². The van der Waals surface area contributed by atoms with Gasteiger partial charge in [-0.3, -0.25) is 0 Å². The highest BCUT2D eigenvalue weighted by atomic mass is 14.7. The Kier molecular flexibility index (Phi) is 6.31. The summed E-state index contributed by atoms with van der Waals surface area (Å²) in [6.07, 6.45) is 12.4. The molecule has 1 aliphatic rings. The minimum atomic E-state index is 0.511. The fraction of sp³-hybridized carbons (Fsp3) is 1.00. The lowest BCUT2D eigenvalue weighted by atomic mass is 9.73. The van der Waals surface area contributed by atoms with Crippen LogP contribution in [0.15, 0.2) is 0 Å². The number of rotatable bonds is 6. The van der Waals surface area contributed by atoms with Crippen LogP contribution in [0.3, 0.4) is 0 Å². The molecule has 1 aliphatic carbocycles. The summed E-state index contributed by atoms with van der Waals surface area (Å²) in [6, 6.07) is 0.511. The summed E-state index contributed by atoms with van der Waals surface area (Å²) in [6.45, 7) is 4.56. The molecule has 0 heterocycles. The molecule has 0 amide bonds. The molecule has 0 radical (unpaired) electrons. The zero-order valence-electron chi connectivity index (χ0n) is 10.7. The van der Waals surface area contributed by atoms with Crippen LogP contribution in [0.5, 0.6) is 0 Å². The second-order valence-electron chi connectivity index (χ2n) is 5.31. The molecule has 1 fully saturated rings. The smallest absolute Gasteiger partial charge is 0.00956 e. The Labute approximate surface area is 95.8 Å². The van der Waals surface area contributed by atoms with Crippen molar-refractivity contribution >= 4 is 0 Å². The van der Waals surface area contributed by atoms with Gasteiger partial charge in [-0.15, -0.1) is 0 Å². The zero-order valence-corrected chi connectivity index (χ0v) is 10.7. The van der Waals surface area contributed by atoms with Crippen molar-refractivity contribution in [2.75, 3.05) is 0 Å². The van der Waals surface area contributed by atoms with E-state index in [1.807, 2.05) is 0 Å². The molecule has 2 unspecified atom stereocenters. The predicted molar refractivity (Wildman–Crippen MR) is 67.9 cm³/mol. The second-order valence-corrected chi connectivity index (χ2v) is 5.31. The van der Waals surface area contributed by atoms with E-state index in [-0.39, 0.29) is 0 Å². The first kappa shape index (κ1) is 13.0. The Bertz CT molecular complexity index is 139. The molecular formula is C14H29N. The lowest BCUT2D eigenvalue weighted by Gasteiger charge is -2.36. The maximum atomic E-state index is 6.40. The number of unbranched alkanes of at least 4 members (excludes halogenated alkanes) is 2. The maximum Gasteiger partial charge on any atom is 0.00956 e. The highest BCUT2D eigenvalue weighted by Gasteiger charge is 2.29. The standard InChI is InChI=1S/C14H29N/c1-3-5-8-12-10-7-11-13(14(12)15)9-6-4-2/h12-14H,3-11,15H2,1-2H3. The molecule has 2 atom stereocenters. The molecule has 0 bridgehead atoms. The van der Waals surface area contributed by atoms with E-state index < -0.39 is 0 Å². The molecule has 0 aromatic heterocycles. The van der Waals surface area contributed by atoms with Crippen LogP contribution < -0.4 is 5.73 Å². The molecule has 1 rings (SSSR count). The monoisotopic (exact) mass is 211 g/mol. The third-order valence-electron chi connectivity index (χ3n) is 4.10. The van der Waals surface area contributed by atoms with E-state index in [1.54, 1.807) is 0 Å². The molecule has 0 aliphatic heterocycles. The van der Waals surface area contributed by atoms with E-state index in [0.717, 1.165) is 11.8 Å². The van der Waals surface area contributed by atoms with Crippen molar-refractivity contribution in [2.45, 2.75) is 77.7 Å². The van der Waals surface area contributed by atoms with Gasteiger partial charge in [-0.2, -0.15) is 0 Å². The van der Waals surface area contributed by atoms with Gasteiger partial charge in [0.25, 0.3) is 0 Å². The Balaban J connectivity index is 2.33. The van der Waals surface area contributed by atoms with Crippen LogP contribution in [0.2, 0.25) is 0 Å². The molecule has 0 spiro atoms. The highest BCUT2D eigenvalue weighted by Crippen LogP contribution is 2.33. The molecule has 1 saturated carbocycles. The van der Waals surface area contributed by atoms with Gasteiger partial charge < -0.3 is 5.73 Å². The normalized spacial score (nSPS) is 31.8. The topological polar surface area (TPSA) is 26.0 Å². The quantitative estimate of drug-likeness (QED) is 0.703. The SMILES string of the molecule is CCCCC1CCCC(CCCC)C1N. The summed E-state index contributed by atoms with van der Waals surface area (Å²) in [5, 5.41) is 0. The second kappa shape index (κ2) is 7.27. The van der Waals surface area contributed by atoms with Gasteiger partial charge >= 0.3 is 0 Å². The van der Waals surface area contributed by atoms with Gasteiger partial charge in [0.1, 0.15) is 0 Å². The fourth-order valence-corrected chi connectivity index (χ4v) is 3.02. The summed E-state index contributed by atoms with van der Waals surface area (Å²) >= 11 is 0. The van der Waals surface area contributed by atoms with Crippen LogP contribution in [0.25, 0.3) is 0 Å². The first-order valence-electron chi connectivity index (χ1n) is 7.05. The lowest BCUT2D eigenvalue weighted by Crippen LogP contribution is -2.40. The van der Waals surface area contributed by atoms with Crippen molar-refractivity contribution in [3.63, 3.8) is 0 Å². The summed E-state index contributed by atoms with van der Waals surface area (Å²) in [7, 11) is 0. The molecule has 1 heteroatoms. The molecule has 90 valence electrons.